The third-order valence-electron chi connectivity index (χ3n) is 3.16. The monoisotopic (exact) mass is 345 g/mol. The van der Waals surface area contributed by atoms with Crippen LogP contribution in [0.1, 0.15) is 27.5 Å². The summed E-state index contributed by atoms with van der Waals surface area (Å²) in [4.78, 5) is 15.6. The number of halogens is 5. The highest BCUT2D eigenvalue weighted by molar-refractivity contribution is 5.94. The van der Waals surface area contributed by atoms with E-state index in [1.165, 1.54) is 12.1 Å². The first-order chi connectivity index (χ1) is 11.2. The smallest absolute Gasteiger partial charge is 0.384 e. The topological polar surface area (TPSA) is 68.0 Å². The fraction of sp³-hybridized carbons (Fsp3) is 0.200. The van der Waals surface area contributed by atoms with Gasteiger partial charge in [0.1, 0.15) is 11.9 Å². The number of anilines is 1. The molecule has 4 nitrogen and oxygen atoms in total. The van der Waals surface area contributed by atoms with Gasteiger partial charge in [0.25, 0.3) is 12.3 Å². The van der Waals surface area contributed by atoms with Gasteiger partial charge in [-0.2, -0.15) is 13.2 Å². The van der Waals surface area contributed by atoms with E-state index in [1.807, 2.05) is 5.32 Å². The number of alkyl halides is 5. The molecular formula is C15H12F5N3O. The van der Waals surface area contributed by atoms with Gasteiger partial charge in [-0.1, -0.05) is 12.1 Å². The quantitative estimate of drug-likeness (QED) is 0.835. The van der Waals surface area contributed by atoms with Crippen molar-refractivity contribution < 1.29 is 26.7 Å². The predicted octanol–water partition coefficient (Wildman–Crippen LogP) is 3.42. The minimum Gasteiger partial charge on any atom is -0.384 e. The van der Waals surface area contributed by atoms with Crippen molar-refractivity contribution in [1.29, 1.82) is 0 Å². The first kappa shape index (κ1) is 17.6. The molecule has 0 aliphatic carbocycles. The maximum absolute atomic E-state index is 13.2. The van der Waals surface area contributed by atoms with Crippen LogP contribution in [0.4, 0.5) is 27.8 Å². The molecule has 0 spiro atoms. The Morgan fingerprint density at radius 3 is 2.42 bits per heavy atom. The van der Waals surface area contributed by atoms with E-state index in [0.717, 1.165) is 24.4 Å². The third-order valence-corrected chi connectivity index (χ3v) is 3.16. The Morgan fingerprint density at radius 1 is 1.17 bits per heavy atom. The average molecular weight is 345 g/mol. The zero-order valence-corrected chi connectivity index (χ0v) is 12.0. The normalized spacial score (nSPS) is 12.9. The molecule has 0 fully saturated rings. The molecule has 1 atom stereocenters. The molecule has 0 bridgehead atoms. The van der Waals surface area contributed by atoms with E-state index in [4.69, 9.17) is 5.73 Å². The van der Waals surface area contributed by atoms with Crippen LogP contribution in [0.15, 0.2) is 42.6 Å². The number of aromatic nitrogens is 1. The van der Waals surface area contributed by atoms with Gasteiger partial charge >= 0.3 is 6.18 Å². The Morgan fingerprint density at radius 2 is 1.88 bits per heavy atom. The largest absolute Gasteiger partial charge is 0.416 e. The van der Waals surface area contributed by atoms with Crippen LogP contribution < -0.4 is 11.1 Å². The number of amides is 1. The van der Waals surface area contributed by atoms with E-state index < -0.39 is 30.1 Å². The van der Waals surface area contributed by atoms with E-state index in [-0.39, 0.29) is 16.9 Å². The van der Waals surface area contributed by atoms with Crippen molar-refractivity contribution in [2.24, 2.45) is 0 Å². The molecule has 3 N–H and O–H groups in total. The van der Waals surface area contributed by atoms with Gasteiger partial charge in [-0.25, -0.2) is 13.8 Å². The Kier molecular flexibility index (Phi) is 5.01. The van der Waals surface area contributed by atoms with Gasteiger partial charge in [0, 0.05) is 6.20 Å². The molecule has 128 valence electrons. The number of benzene rings is 1. The van der Waals surface area contributed by atoms with Crippen molar-refractivity contribution in [3.8, 4) is 0 Å². The second-order valence-corrected chi connectivity index (χ2v) is 4.88. The highest BCUT2D eigenvalue weighted by atomic mass is 19.4. The number of rotatable bonds is 4. The van der Waals surface area contributed by atoms with E-state index in [9.17, 15) is 26.7 Å². The van der Waals surface area contributed by atoms with E-state index in [0.29, 0.717) is 6.07 Å². The lowest BCUT2D eigenvalue weighted by atomic mass is 10.0. The lowest BCUT2D eigenvalue weighted by Gasteiger charge is -2.19. The van der Waals surface area contributed by atoms with Crippen LogP contribution in [0, 0.1) is 0 Å². The minimum atomic E-state index is -4.67. The molecule has 1 amide bonds. The molecule has 24 heavy (non-hydrogen) atoms. The van der Waals surface area contributed by atoms with Crippen LogP contribution in [0.25, 0.3) is 0 Å². The molecule has 0 radical (unpaired) electrons. The minimum absolute atomic E-state index is 0.0400. The highest BCUT2D eigenvalue weighted by Gasteiger charge is 2.32. The van der Waals surface area contributed by atoms with Crippen molar-refractivity contribution >= 4 is 11.7 Å². The van der Waals surface area contributed by atoms with Gasteiger partial charge in [0.05, 0.1) is 11.1 Å². The second-order valence-electron chi connectivity index (χ2n) is 4.88. The molecule has 1 aromatic heterocycles. The fourth-order valence-electron chi connectivity index (χ4n) is 1.96. The molecule has 2 aromatic rings. The van der Waals surface area contributed by atoms with Crippen LogP contribution in [0.2, 0.25) is 0 Å². The zero-order valence-electron chi connectivity index (χ0n) is 12.0. The summed E-state index contributed by atoms with van der Waals surface area (Å²) in [5, 5.41) is 2.01. The lowest BCUT2D eigenvalue weighted by Crippen LogP contribution is -2.33. The molecule has 1 aromatic carbocycles. The van der Waals surface area contributed by atoms with Crippen LogP contribution >= 0.6 is 0 Å². The zero-order chi connectivity index (χ0) is 17.9. The van der Waals surface area contributed by atoms with Gasteiger partial charge < -0.3 is 11.1 Å². The summed E-state index contributed by atoms with van der Waals surface area (Å²) in [6, 6.07) is 4.12. The summed E-state index contributed by atoms with van der Waals surface area (Å²) < 4.78 is 64.6. The van der Waals surface area contributed by atoms with E-state index in [1.54, 1.807) is 0 Å². The van der Waals surface area contributed by atoms with Crippen molar-refractivity contribution in [3.63, 3.8) is 0 Å². The highest BCUT2D eigenvalue weighted by Crippen LogP contribution is 2.32. The molecule has 2 rings (SSSR count). The number of carbonyl (C=O) groups is 1. The molecule has 0 saturated carbocycles. The molecule has 1 heterocycles. The van der Waals surface area contributed by atoms with Crippen LogP contribution in [0.5, 0.6) is 0 Å². The van der Waals surface area contributed by atoms with Gasteiger partial charge in [-0.05, 0) is 29.8 Å². The molecule has 0 unspecified atom stereocenters. The standard InChI is InChI=1S/C15H12F5N3O/c16-13(17)12(8-2-1-3-10(6-8)15(18,19)20)23-14(24)9-4-5-11(21)22-7-9/h1-7,12-13H,(H2,21,22)(H,23,24)/t12-/m1/s1. The molecule has 0 aliphatic heterocycles. The number of hydrogen-bond donors (Lipinski definition) is 2. The Hall–Kier alpha value is -2.71. The maximum Gasteiger partial charge on any atom is 0.416 e. The fourth-order valence-corrected chi connectivity index (χ4v) is 1.96. The van der Waals surface area contributed by atoms with Gasteiger partial charge in [-0.3, -0.25) is 4.79 Å². The Labute approximate surface area is 133 Å². The van der Waals surface area contributed by atoms with E-state index >= 15 is 0 Å². The predicted molar refractivity (Wildman–Crippen MR) is 76.3 cm³/mol. The third kappa shape index (κ3) is 4.18. The number of carbonyl (C=O) groups excluding carboxylic acids is 1. The summed E-state index contributed by atoms with van der Waals surface area (Å²) in [5.74, 6) is -0.764. The summed E-state index contributed by atoms with van der Waals surface area (Å²) in [6.45, 7) is 0. The Bertz CT molecular complexity index is 716. The molecule has 0 saturated heterocycles. The maximum atomic E-state index is 13.2. The van der Waals surface area contributed by atoms with Crippen molar-refractivity contribution in [2.75, 3.05) is 5.73 Å². The first-order valence-electron chi connectivity index (χ1n) is 6.66. The number of pyridine rings is 1. The number of nitrogen functional groups attached to an aromatic ring is 1. The average Bonchev–Trinajstić information content (AvgIpc) is 2.52. The van der Waals surface area contributed by atoms with Gasteiger partial charge in [-0.15, -0.1) is 0 Å². The van der Waals surface area contributed by atoms with Crippen molar-refractivity contribution in [2.45, 2.75) is 18.6 Å². The number of nitrogens with one attached hydrogen (secondary N) is 1. The number of nitrogens with two attached hydrogens (primary N) is 1. The van der Waals surface area contributed by atoms with Crippen LogP contribution in [-0.2, 0) is 6.18 Å². The Balaban J connectivity index is 2.27. The summed E-state index contributed by atoms with van der Waals surface area (Å²) in [6.07, 6.45) is -6.69. The van der Waals surface area contributed by atoms with Gasteiger partial charge in [0.15, 0.2) is 0 Å². The number of hydrogen-bond acceptors (Lipinski definition) is 3. The molecule has 0 aliphatic rings. The van der Waals surface area contributed by atoms with Crippen molar-refractivity contribution in [1.82, 2.24) is 10.3 Å². The lowest BCUT2D eigenvalue weighted by molar-refractivity contribution is -0.137. The summed E-state index contributed by atoms with van der Waals surface area (Å²) in [7, 11) is 0. The molecular weight excluding hydrogens is 333 g/mol. The SMILES string of the molecule is Nc1ccc(C(=O)N[C@H](c2cccc(C(F)(F)F)c2)C(F)F)cn1. The van der Waals surface area contributed by atoms with Gasteiger partial charge in [0.2, 0.25) is 0 Å². The summed E-state index contributed by atoms with van der Waals surface area (Å²) >= 11 is 0. The summed E-state index contributed by atoms with van der Waals surface area (Å²) in [5.41, 5.74) is 3.89. The van der Waals surface area contributed by atoms with Crippen LogP contribution in [0.3, 0.4) is 0 Å². The number of nitrogens with zero attached hydrogens (tertiary/aromatic N) is 1. The first-order valence-corrected chi connectivity index (χ1v) is 6.66. The van der Waals surface area contributed by atoms with Crippen LogP contribution in [-0.4, -0.2) is 17.3 Å². The van der Waals surface area contributed by atoms with E-state index in [2.05, 4.69) is 4.98 Å². The second kappa shape index (κ2) is 6.81. The molecule has 9 heteroatoms. The van der Waals surface area contributed by atoms with Crippen molar-refractivity contribution in [3.05, 3.63) is 59.3 Å².